The van der Waals surface area contributed by atoms with Crippen molar-refractivity contribution in [2.24, 2.45) is 5.92 Å². The highest BCUT2D eigenvalue weighted by atomic mass is 35.5. The van der Waals surface area contributed by atoms with Gasteiger partial charge in [0.05, 0.1) is 17.0 Å². The van der Waals surface area contributed by atoms with Crippen LogP contribution >= 0.6 is 23.2 Å². The standard InChI is InChI=1S/C17H13Cl2N5O3/c18-14-9-20-17(19)23-15(14)21-11-4-2-5-12(8-11)22-16(25)10-3-1-6-13(7-10)24(26)27/h1-2,4-10H,3H2,(H,22,25)(H,20,21,23). The van der Waals surface area contributed by atoms with Gasteiger partial charge in [-0.2, -0.15) is 4.98 Å². The maximum Gasteiger partial charge on any atom is 0.265 e. The van der Waals surface area contributed by atoms with Crippen LogP contribution in [0.1, 0.15) is 6.42 Å². The zero-order chi connectivity index (χ0) is 19.4. The number of carbonyl (C=O) groups excluding carboxylic acids is 1. The molecule has 1 aromatic carbocycles. The molecule has 0 aliphatic heterocycles. The summed E-state index contributed by atoms with van der Waals surface area (Å²) in [5.74, 6) is -0.614. The van der Waals surface area contributed by atoms with Gasteiger partial charge in [0.2, 0.25) is 11.2 Å². The summed E-state index contributed by atoms with van der Waals surface area (Å²) in [7, 11) is 0. The SMILES string of the molecule is O=C(Nc1cccc(Nc2nc(Cl)ncc2Cl)c1)C1C=C([N+](=O)[O-])C=CC1. The summed E-state index contributed by atoms with van der Waals surface area (Å²) in [5, 5.41) is 17.0. The second-order valence-electron chi connectivity index (χ2n) is 5.62. The van der Waals surface area contributed by atoms with Crippen LogP contribution in [0, 0.1) is 16.0 Å². The van der Waals surface area contributed by atoms with E-state index in [0.29, 0.717) is 28.6 Å². The van der Waals surface area contributed by atoms with Gasteiger partial charge in [0.1, 0.15) is 5.02 Å². The Hall–Kier alpha value is -2.97. The van der Waals surface area contributed by atoms with E-state index in [4.69, 9.17) is 23.2 Å². The Morgan fingerprint density at radius 1 is 1.30 bits per heavy atom. The second-order valence-corrected chi connectivity index (χ2v) is 6.37. The Morgan fingerprint density at radius 3 is 2.85 bits per heavy atom. The lowest BCUT2D eigenvalue weighted by atomic mass is 9.98. The first-order valence-corrected chi connectivity index (χ1v) is 8.57. The molecule has 8 nitrogen and oxygen atoms in total. The van der Waals surface area contributed by atoms with Gasteiger partial charge in [0, 0.05) is 23.5 Å². The largest absolute Gasteiger partial charge is 0.339 e. The lowest BCUT2D eigenvalue weighted by Gasteiger charge is -2.14. The van der Waals surface area contributed by atoms with E-state index in [1.54, 1.807) is 30.3 Å². The molecule has 0 saturated heterocycles. The fourth-order valence-corrected chi connectivity index (χ4v) is 2.72. The quantitative estimate of drug-likeness (QED) is 0.438. The van der Waals surface area contributed by atoms with E-state index >= 15 is 0 Å². The van der Waals surface area contributed by atoms with E-state index in [-0.39, 0.29) is 16.9 Å². The predicted molar refractivity (Wildman–Crippen MR) is 103 cm³/mol. The smallest absolute Gasteiger partial charge is 0.265 e. The minimum Gasteiger partial charge on any atom is -0.339 e. The summed E-state index contributed by atoms with van der Waals surface area (Å²) in [4.78, 5) is 30.5. The number of hydrogen-bond acceptors (Lipinski definition) is 6. The van der Waals surface area contributed by atoms with E-state index in [1.165, 1.54) is 18.3 Å². The zero-order valence-corrected chi connectivity index (χ0v) is 15.2. The Labute approximate surface area is 164 Å². The molecule has 0 bridgehead atoms. The number of halogens is 2. The van der Waals surface area contributed by atoms with E-state index < -0.39 is 10.8 Å². The molecule has 1 aromatic heterocycles. The molecule has 10 heteroatoms. The van der Waals surface area contributed by atoms with Gasteiger partial charge in [0.25, 0.3) is 5.70 Å². The van der Waals surface area contributed by atoms with Crippen LogP contribution < -0.4 is 10.6 Å². The van der Waals surface area contributed by atoms with Crippen LogP contribution in [0.3, 0.4) is 0 Å². The van der Waals surface area contributed by atoms with Gasteiger partial charge in [0.15, 0.2) is 5.82 Å². The molecular formula is C17H13Cl2N5O3. The Balaban J connectivity index is 1.72. The summed E-state index contributed by atoms with van der Waals surface area (Å²) < 4.78 is 0. The Kier molecular flexibility index (Phi) is 5.68. The van der Waals surface area contributed by atoms with Crippen molar-refractivity contribution in [3.05, 3.63) is 74.8 Å². The summed E-state index contributed by atoms with van der Waals surface area (Å²) in [6.07, 6.45) is 6.13. The minimum atomic E-state index is -0.609. The van der Waals surface area contributed by atoms with Crippen molar-refractivity contribution >= 4 is 46.3 Å². The second kappa shape index (κ2) is 8.15. The number of nitrogens with one attached hydrogen (secondary N) is 2. The number of anilines is 3. The number of nitrogens with zero attached hydrogens (tertiary/aromatic N) is 3. The van der Waals surface area contributed by atoms with Gasteiger partial charge >= 0.3 is 0 Å². The highest BCUT2D eigenvalue weighted by Crippen LogP contribution is 2.26. The maximum atomic E-state index is 12.4. The molecule has 0 spiro atoms. The molecule has 1 aliphatic carbocycles. The van der Waals surface area contributed by atoms with Crippen molar-refractivity contribution < 1.29 is 9.72 Å². The van der Waals surface area contributed by atoms with Crippen LogP contribution in [0.4, 0.5) is 17.2 Å². The third-order valence-corrected chi connectivity index (χ3v) is 4.16. The number of allylic oxidation sites excluding steroid dienone is 2. The van der Waals surface area contributed by atoms with Crippen LogP contribution in [0.15, 0.2) is 54.4 Å². The Bertz CT molecular complexity index is 961. The third-order valence-electron chi connectivity index (χ3n) is 3.71. The average Bonchev–Trinajstić information content (AvgIpc) is 2.65. The Morgan fingerprint density at radius 2 is 2.07 bits per heavy atom. The normalized spacial score (nSPS) is 15.8. The van der Waals surface area contributed by atoms with Gasteiger partial charge in [-0.1, -0.05) is 23.7 Å². The van der Waals surface area contributed by atoms with Gasteiger partial charge in [-0.3, -0.25) is 14.9 Å². The number of carbonyl (C=O) groups is 1. The molecule has 1 aliphatic rings. The number of hydrogen-bond donors (Lipinski definition) is 2. The molecule has 1 amide bonds. The van der Waals surface area contributed by atoms with Crippen molar-refractivity contribution in [1.29, 1.82) is 0 Å². The first kappa shape index (κ1) is 18.8. The molecule has 2 aromatic rings. The van der Waals surface area contributed by atoms with Crippen LogP contribution in [0.25, 0.3) is 0 Å². The van der Waals surface area contributed by atoms with Crippen molar-refractivity contribution in [3.63, 3.8) is 0 Å². The molecular weight excluding hydrogens is 393 g/mol. The fraction of sp³-hybridized carbons (Fsp3) is 0.118. The van der Waals surface area contributed by atoms with Crippen molar-refractivity contribution in [3.8, 4) is 0 Å². The lowest BCUT2D eigenvalue weighted by molar-refractivity contribution is -0.419. The molecule has 0 radical (unpaired) electrons. The number of benzene rings is 1. The van der Waals surface area contributed by atoms with Gasteiger partial charge < -0.3 is 10.6 Å². The van der Waals surface area contributed by atoms with Crippen LogP contribution in [-0.4, -0.2) is 20.8 Å². The first-order valence-electron chi connectivity index (χ1n) is 7.81. The monoisotopic (exact) mass is 405 g/mol. The fourth-order valence-electron chi connectivity index (χ4n) is 2.45. The molecule has 1 unspecified atom stereocenters. The van der Waals surface area contributed by atoms with Crippen molar-refractivity contribution in [1.82, 2.24) is 9.97 Å². The summed E-state index contributed by atoms with van der Waals surface area (Å²) in [6.45, 7) is 0. The molecule has 27 heavy (non-hydrogen) atoms. The van der Waals surface area contributed by atoms with Crippen LogP contribution in [0.5, 0.6) is 0 Å². The molecule has 138 valence electrons. The maximum absolute atomic E-state index is 12.4. The minimum absolute atomic E-state index is 0.0464. The molecule has 3 rings (SSSR count). The van der Waals surface area contributed by atoms with Crippen LogP contribution in [-0.2, 0) is 4.79 Å². The number of aromatic nitrogens is 2. The molecule has 1 heterocycles. The molecule has 0 fully saturated rings. The van der Waals surface area contributed by atoms with Crippen molar-refractivity contribution in [2.75, 3.05) is 10.6 Å². The lowest BCUT2D eigenvalue weighted by Crippen LogP contribution is -2.23. The van der Waals surface area contributed by atoms with E-state index in [0.717, 1.165) is 0 Å². The summed E-state index contributed by atoms with van der Waals surface area (Å²) in [5.41, 5.74) is 1.05. The number of rotatable bonds is 5. The van der Waals surface area contributed by atoms with E-state index in [2.05, 4.69) is 20.6 Å². The number of nitro groups is 1. The van der Waals surface area contributed by atoms with Gasteiger partial charge in [-0.05, 0) is 36.2 Å². The highest BCUT2D eigenvalue weighted by Gasteiger charge is 2.22. The topological polar surface area (TPSA) is 110 Å². The third kappa shape index (κ3) is 4.81. The molecule has 2 N–H and O–H groups in total. The van der Waals surface area contributed by atoms with Crippen molar-refractivity contribution in [2.45, 2.75) is 6.42 Å². The zero-order valence-electron chi connectivity index (χ0n) is 13.7. The summed E-state index contributed by atoms with van der Waals surface area (Å²) in [6, 6.07) is 6.87. The predicted octanol–water partition coefficient (Wildman–Crippen LogP) is 4.20. The van der Waals surface area contributed by atoms with E-state index in [9.17, 15) is 14.9 Å². The number of amides is 1. The molecule has 1 atom stereocenters. The van der Waals surface area contributed by atoms with E-state index in [1.807, 2.05) is 0 Å². The van der Waals surface area contributed by atoms with Gasteiger partial charge in [-0.25, -0.2) is 4.98 Å². The highest BCUT2D eigenvalue weighted by molar-refractivity contribution is 6.33. The van der Waals surface area contributed by atoms with Crippen LogP contribution in [0.2, 0.25) is 10.3 Å². The first-order chi connectivity index (χ1) is 12.9. The molecule has 0 saturated carbocycles. The van der Waals surface area contributed by atoms with Gasteiger partial charge in [-0.15, -0.1) is 0 Å². The average molecular weight is 406 g/mol. The summed E-state index contributed by atoms with van der Waals surface area (Å²) >= 11 is 11.8.